The summed E-state index contributed by atoms with van der Waals surface area (Å²) in [5.74, 6) is 0.845. The van der Waals surface area contributed by atoms with Crippen LogP contribution >= 0.6 is 0 Å². The zero-order valence-electron chi connectivity index (χ0n) is 11.0. The summed E-state index contributed by atoms with van der Waals surface area (Å²) < 4.78 is 6.02. The zero-order chi connectivity index (χ0) is 13.2. The molecule has 19 heavy (non-hydrogen) atoms. The quantitative estimate of drug-likeness (QED) is 0.866. The lowest BCUT2D eigenvalue weighted by Gasteiger charge is -2.28. The summed E-state index contributed by atoms with van der Waals surface area (Å²) >= 11 is 0. The molecule has 0 amide bonds. The van der Waals surface area contributed by atoms with E-state index in [0.29, 0.717) is 11.4 Å². The molecule has 0 bridgehead atoms. The van der Waals surface area contributed by atoms with Crippen LogP contribution in [0.5, 0.6) is 5.75 Å². The molecule has 2 N–H and O–H groups in total. The molecule has 2 atom stereocenters. The minimum atomic E-state index is -0.0560. The standard InChI is InChI=1S/C15H18N2O2/c1-10-8-13(5-7-16-10)19-12-2-3-14-11(9-12)4-6-17-15(14)18/h2-4,6,9-10,13,16H,5,7-8H2,1H3,(H,17,18)/t10-,13+/m0/s1. The average molecular weight is 258 g/mol. The van der Waals surface area contributed by atoms with Gasteiger partial charge in [-0.1, -0.05) is 0 Å². The Morgan fingerprint density at radius 1 is 1.32 bits per heavy atom. The summed E-state index contributed by atoms with van der Waals surface area (Å²) in [5.41, 5.74) is -0.0560. The van der Waals surface area contributed by atoms with Crippen LogP contribution in [0, 0.1) is 0 Å². The molecule has 100 valence electrons. The molecule has 3 rings (SSSR count). The van der Waals surface area contributed by atoms with E-state index in [9.17, 15) is 4.79 Å². The number of rotatable bonds is 2. The Bertz CT molecular complexity index is 635. The number of piperidine rings is 1. The Hall–Kier alpha value is -1.81. The Labute approximate surface area is 111 Å². The highest BCUT2D eigenvalue weighted by Crippen LogP contribution is 2.22. The third kappa shape index (κ3) is 2.63. The van der Waals surface area contributed by atoms with Gasteiger partial charge in [-0.2, -0.15) is 0 Å². The molecule has 2 heterocycles. The van der Waals surface area contributed by atoms with Crippen LogP contribution in [0.15, 0.2) is 35.3 Å². The molecule has 0 unspecified atom stereocenters. The molecule has 1 aliphatic heterocycles. The zero-order valence-corrected chi connectivity index (χ0v) is 11.0. The van der Waals surface area contributed by atoms with Gasteiger partial charge in [-0.05, 0) is 56.0 Å². The lowest BCUT2D eigenvalue weighted by atomic mass is 10.0. The van der Waals surface area contributed by atoms with Crippen molar-refractivity contribution in [1.29, 1.82) is 0 Å². The van der Waals surface area contributed by atoms with Crippen LogP contribution in [0.1, 0.15) is 19.8 Å². The first-order valence-corrected chi connectivity index (χ1v) is 6.74. The Kier molecular flexibility index (Phi) is 3.25. The number of hydrogen-bond donors (Lipinski definition) is 2. The monoisotopic (exact) mass is 258 g/mol. The SMILES string of the molecule is C[C@H]1C[C@H](Oc2ccc3c(=O)[nH]ccc3c2)CCN1. The molecule has 4 heteroatoms. The van der Waals surface area contributed by atoms with Gasteiger partial charge in [-0.25, -0.2) is 0 Å². The number of H-pyrrole nitrogens is 1. The maximum atomic E-state index is 11.6. The first-order valence-electron chi connectivity index (χ1n) is 6.74. The third-order valence-corrected chi connectivity index (χ3v) is 3.62. The van der Waals surface area contributed by atoms with Crippen LogP contribution in [0.3, 0.4) is 0 Å². The van der Waals surface area contributed by atoms with Gasteiger partial charge in [0.2, 0.25) is 0 Å². The molecule has 1 aliphatic rings. The lowest BCUT2D eigenvalue weighted by Crippen LogP contribution is -2.40. The minimum absolute atomic E-state index is 0.0560. The van der Waals surface area contributed by atoms with Crippen LogP contribution in [-0.2, 0) is 0 Å². The van der Waals surface area contributed by atoms with Crippen molar-refractivity contribution < 1.29 is 4.74 Å². The van der Waals surface area contributed by atoms with Crippen molar-refractivity contribution in [1.82, 2.24) is 10.3 Å². The molecular weight excluding hydrogens is 240 g/mol. The van der Waals surface area contributed by atoms with Crippen LogP contribution in [0.2, 0.25) is 0 Å². The summed E-state index contributed by atoms with van der Waals surface area (Å²) in [4.78, 5) is 14.3. The molecule has 2 aromatic rings. The van der Waals surface area contributed by atoms with Gasteiger partial charge in [-0.3, -0.25) is 4.79 Å². The number of pyridine rings is 1. The summed E-state index contributed by atoms with van der Waals surface area (Å²) in [5, 5.41) is 5.03. The molecule has 0 saturated carbocycles. The number of aromatic nitrogens is 1. The number of hydrogen-bond acceptors (Lipinski definition) is 3. The fourth-order valence-electron chi connectivity index (χ4n) is 2.63. The molecule has 4 nitrogen and oxygen atoms in total. The summed E-state index contributed by atoms with van der Waals surface area (Å²) in [6.45, 7) is 3.18. The van der Waals surface area contributed by atoms with Gasteiger partial charge in [0.15, 0.2) is 0 Å². The summed E-state index contributed by atoms with van der Waals surface area (Å²) in [6.07, 6.45) is 3.97. The Morgan fingerprint density at radius 3 is 3.05 bits per heavy atom. The lowest BCUT2D eigenvalue weighted by molar-refractivity contribution is 0.144. The predicted octanol–water partition coefficient (Wildman–Crippen LogP) is 2.05. The van der Waals surface area contributed by atoms with Gasteiger partial charge < -0.3 is 15.0 Å². The molecule has 1 saturated heterocycles. The number of ether oxygens (including phenoxy) is 1. The Balaban J connectivity index is 1.83. The second-order valence-corrected chi connectivity index (χ2v) is 5.18. The van der Waals surface area contributed by atoms with Crippen LogP contribution in [0.4, 0.5) is 0 Å². The molecule has 0 radical (unpaired) electrons. The van der Waals surface area contributed by atoms with Gasteiger partial charge >= 0.3 is 0 Å². The second-order valence-electron chi connectivity index (χ2n) is 5.18. The molecule has 1 aromatic carbocycles. The number of nitrogens with one attached hydrogen (secondary N) is 2. The van der Waals surface area contributed by atoms with E-state index in [1.165, 1.54) is 0 Å². The fraction of sp³-hybridized carbons (Fsp3) is 0.400. The molecule has 1 aromatic heterocycles. The van der Waals surface area contributed by atoms with Crippen LogP contribution in [-0.4, -0.2) is 23.7 Å². The maximum absolute atomic E-state index is 11.6. The van der Waals surface area contributed by atoms with E-state index in [4.69, 9.17) is 4.74 Å². The van der Waals surface area contributed by atoms with Crippen molar-refractivity contribution in [3.63, 3.8) is 0 Å². The van der Waals surface area contributed by atoms with Gasteiger partial charge in [0.1, 0.15) is 11.9 Å². The number of fused-ring (bicyclic) bond motifs is 1. The van der Waals surface area contributed by atoms with Crippen molar-refractivity contribution in [2.45, 2.75) is 31.9 Å². The minimum Gasteiger partial charge on any atom is -0.490 e. The molecule has 0 spiro atoms. The topological polar surface area (TPSA) is 54.1 Å². The number of aromatic amines is 1. The first-order chi connectivity index (χ1) is 9.22. The highest BCUT2D eigenvalue weighted by atomic mass is 16.5. The third-order valence-electron chi connectivity index (χ3n) is 3.62. The van der Waals surface area contributed by atoms with E-state index in [2.05, 4.69) is 17.2 Å². The van der Waals surface area contributed by atoms with E-state index in [-0.39, 0.29) is 11.7 Å². The van der Waals surface area contributed by atoms with Crippen LogP contribution < -0.4 is 15.6 Å². The fourth-order valence-corrected chi connectivity index (χ4v) is 2.63. The van der Waals surface area contributed by atoms with E-state index in [1.54, 1.807) is 6.20 Å². The van der Waals surface area contributed by atoms with E-state index >= 15 is 0 Å². The first kappa shape index (κ1) is 12.2. The average Bonchev–Trinajstić information content (AvgIpc) is 2.39. The van der Waals surface area contributed by atoms with Gasteiger partial charge in [-0.15, -0.1) is 0 Å². The number of benzene rings is 1. The Morgan fingerprint density at radius 2 is 2.21 bits per heavy atom. The van der Waals surface area contributed by atoms with Crippen molar-refractivity contribution >= 4 is 10.8 Å². The van der Waals surface area contributed by atoms with Crippen molar-refractivity contribution in [3.05, 3.63) is 40.8 Å². The highest BCUT2D eigenvalue weighted by Gasteiger charge is 2.19. The van der Waals surface area contributed by atoms with E-state index in [1.807, 2.05) is 24.3 Å². The van der Waals surface area contributed by atoms with E-state index in [0.717, 1.165) is 30.5 Å². The molecular formula is C15H18N2O2. The molecule has 0 aliphatic carbocycles. The van der Waals surface area contributed by atoms with Gasteiger partial charge in [0, 0.05) is 17.6 Å². The van der Waals surface area contributed by atoms with Gasteiger partial charge in [0.05, 0.1) is 0 Å². The van der Waals surface area contributed by atoms with Crippen LogP contribution in [0.25, 0.3) is 10.8 Å². The summed E-state index contributed by atoms with van der Waals surface area (Å²) in [6, 6.07) is 8.05. The normalized spacial score (nSPS) is 23.4. The van der Waals surface area contributed by atoms with Gasteiger partial charge in [0.25, 0.3) is 5.56 Å². The largest absolute Gasteiger partial charge is 0.490 e. The maximum Gasteiger partial charge on any atom is 0.255 e. The highest BCUT2D eigenvalue weighted by molar-refractivity contribution is 5.82. The summed E-state index contributed by atoms with van der Waals surface area (Å²) in [7, 11) is 0. The predicted molar refractivity (Wildman–Crippen MR) is 75.7 cm³/mol. The van der Waals surface area contributed by atoms with Crippen molar-refractivity contribution in [2.75, 3.05) is 6.54 Å². The van der Waals surface area contributed by atoms with E-state index < -0.39 is 0 Å². The van der Waals surface area contributed by atoms with Crippen molar-refractivity contribution in [2.24, 2.45) is 0 Å². The molecule has 1 fully saturated rings. The second kappa shape index (κ2) is 5.05. The smallest absolute Gasteiger partial charge is 0.255 e. The van der Waals surface area contributed by atoms with Crippen molar-refractivity contribution in [3.8, 4) is 5.75 Å².